The quantitative estimate of drug-likeness (QED) is 0.539. The zero-order chi connectivity index (χ0) is 18.7. The highest BCUT2D eigenvalue weighted by Crippen LogP contribution is 2.28. The van der Waals surface area contributed by atoms with E-state index in [-0.39, 0.29) is 11.8 Å². The highest BCUT2D eigenvalue weighted by Gasteiger charge is 2.26. The number of hydrogen-bond acceptors (Lipinski definition) is 2. The van der Waals surface area contributed by atoms with Crippen molar-refractivity contribution in [3.8, 4) is 0 Å². The summed E-state index contributed by atoms with van der Waals surface area (Å²) < 4.78 is 1.17. The van der Waals surface area contributed by atoms with E-state index in [1.807, 2.05) is 37.3 Å². The molecule has 138 valence electrons. The molecule has 3 nitrogen and oxygen atoms in total. The van der Waals surface area contributed by atoms with Crippen molar-refractivity contribution in [2.75, 3.05) is 18.4 Å². The third kappa shape index (κ3) is 4.91. The summed E-state index contributed by atoms with van der Waals surface area (Å²) in [7, 11) is 0. The molecule has 2 aromatic carbocycles. The lowest BCUT2D eigenvalue weighted by atomic mass is 9.96. The maximum absolute atomic E-state index is 12.7. The molecule has 2 aromatic rings. The molecule has 1 aliphatic rings. The fraction of sp³-hybridized carbons (Fsp3) is 0.350. The van der Waals surface area contributed by atoms with Crippen LogP contribution in [0.5, 0.6) is 0 Å². The monoisotopic (exact) mass is 502 g/mol. The molecular formula is C20H21Cl2IN2O. The molecular weight excluding hydrogens is 482 g/mol. The second-order valence-corrected chi connectivity index (χ2v) is 8.78. The number of hydrogen-bond donors (Lipinski definition) is 1. The summed E-state index contributed by atoms with van der Waals surface area (Å²) in [6.07, 6.45) is 1.90. The van der Waals surface area contributed by atoms with Gasteiger partial charge in [0, 0.05) is 38.0 Å². The van der Waals surface area contributed by atoms with Crippen LogP contribution < -0.4 is 5.32 Å². The second kappa shape index (κ2) is 8.91. The van der Waals surface area contributed by atoms with Crippen molar-refractivity contribution < 1.29 is 4.79 Å². The number of carbonyl (C=O) groups is 1. The minimum atomic E-state index is -0.0244. The van der Waals surface area contributed by atoms with Crippen LogP contribution in [0.4, 0.5) is 5.69 Å². The van der Waals surface area contributed by atoms with Gasteiger partial charge in [0.05, 0.1) is 5.92 Å². The Balaban J connectivity index is 1.65. The van der Waals surface area contributed by atoms with Crippen molar-refractivity contribution in [2.45, 2.75) is 26.3 Å². The van der Waals surface area contributed by atoms with Gasteiger partial charge in [-0.05, 0) is 84.8 Å². The molecule has 1 fully saturated rings. The molecule has 0 radical (unpaired) electrons. The lowest BCUT2D eigenvalue weighted by molar-refractivity contribution is -0.121. The number of nitrogens with one attached hydrogen (secondary N) is 1. The lowest BCUT2D eigenvalue weighted by Crippen LogP contribution is -2.40. The third-order valence-corrected chi connectivity index (χ3v) is 6.15. The number of benzene rings is 2. The van der Waals surface area contributed by atoms with Gasteiger partial charge < -0.3 is 5.32 Å². The molecule has 0 aliphatic carbocycles. The van der Waals surface area contributed by atoms with Crippen molar-refractivity contribution in [3.05, 3.63) is 61.1 Å². The Morgan fingerprint density at radius 1 is 1.27 bits per heavy atom. The molecule has 1 saturated heterocycles. The van der Waals surface area contributed by atoms with E-state index in [1.54, 1.807) is 0 Å². The van der Waals surface area contributed by atoms with Crippen LogP contribution in [-0.4, -0.2) is 23.9 Å². The number of nitrogens with zero attached hydrogens (tertiary/aromatic N) is 1. The van der Waals surface area contributed by atoms with Crippen molar-refractivity contribution >= 4 is 57.4 Å². The molecule has 1 aliphatic heterocycles. The van der Waals surface area contributed by atoms with Crippen molar-refractivity contribution in [1.82, 2.24) is 4.90 Å². The van der Waals surface area contributed by atoms with E-state index >= 15 is 0 Å². The van der Waals surface area contributed by atoms with Crippen LogP contribution >= 0.6 is 45.8 Å². The van der Waals surface area contributed by atoms with Crippen molar-refractivity contribution in [2.24, 2.45) is 5.92 Å². The molecule has 1 atom stereocenters. The summed E-state index contributed by atoms with van der Waals surface area (Å²) in [6.45, 7) is 4.36. The Hall–Kier alpha value is -0.820. The first-order chi connectivity index (χ1) is 12.4. The van der Waals surface area contributed by atoms with Gasteiger partial charge in [0.15, 0.2) is 0 Å². The van der Waals surface area contributed by atoms with Crippen LogP contribution in [0.15, 0.2) is 36.4 Å². The molecule has 0 saturated carbocycles. The number of rotatable bonds is 4. The molecule has 0 aromatic heterocycles. The highest BCUT2D eigenvalue weighted by atomic mass is 127. The summed E-state index contributed by atoms with van der Waals surface area (Å²) in [6, 6.07) is 11.6. The van der Waals surface area contributed by atoms with E-state index in [4.69, 9.17) is 23.2 Å². The number of piperidine rings is 1. The van der Waals surface area contributed by atoms with Crippen LogP contribution in [0.25, 0.3) is 0 Å². The molecule has 1 N–H and O–H groups in total. The van der Waals surface area contributed by atoms with E-state index < -0.39 is 0 Å². The van der Waals surface area contributed by atoms with Gasteiger partial charge in [0.1, 0.15) is 0 Å². The molecule has 0 spiro atoms. The van der Waals surface area contributed by atoms with Crippen LogP contribution in [0.1, 0.15) is 24.0 Å². The summed E-state index contributed by atoms with van der Waals surface area (Å²) in [5, 5.41) is 4.45. The Bertz CT molecular complexity index is 792. The number of aryl methyl sites for hydroxylation is 1. The van der Waals surface area contributed by atoms with Gasteiger partial charge >= 0.3 is 0 Å². The largest absolute Gasteiger partial charge is 0.326 e. The first-order valence-electron chi connectivity index (χ1n) is 8.66. The van der Waals surface area contributed by atoms with Gasteiger partial charge in [0.2, 0.25) is 5.91 Å². The highest BCUT2D eigenvalue weighted by molar-refractivity contribution is 14.1. The van der Waals surface area contributed by atoms with Crippen LogP contribution in [0.2, 0.25) is 10.0 Å². The first kappa shape index (κ1) is 19.9. The van der Waals surface area contributed by atoms with Crippen molar-refractivity contribution in [3.63, 3.8) is 0 Å². The average molecular weight is 503 g/mol. The number of likely N-dealkylation sites (tertiary alicyclic amines) is 1. The second-order valence-electron chi connectivity index (χ2n) is 6.72. The molecule has 0 bridgehead atoms. The fourth-order valence-corrected chi connectivity index (χ4v) is 4.49. The van der Waals surface area contributed by atoms with Gasteiger partial charge in [-0.2, -0.15) is 0 Å². The zero-order valence-corrected chi connectivity index (χ0v) is 18.2. The van der Waals surface area contributed by atoms with E-state index in [9.17, 15) is 4.79 Å². The SMILES string of the molecule is Cc1cc(I)ccc1NC(=O)C1CCCN(Cc2c(Cl)cccc2Cl)C1. The Morgan fingerprint density at radius 2 is 2.00 bits per heavy atom. The third-order valence-electron chi connectivity index (χ3n) is 4.77. The standard InChI is InChI=1S/C20H21Cl2IN2O/c1-13-10-15(23)7-8-19(13)24-20(26)14-4-3-9-25(11-14)12-16-17(21)5-2-6-18(16)22/h2,5-8,10,14H,3-4,9,11-12H2,1H3,(H,24,26). The Kier molecular flexibility index (Phi) is 6.83. The van der Waals surface area contributed by atoms with Crippen LogP contribution in [-0.2, 0) is 11.3 Å². The fourth-order valence-electron chi connectivity index (χ4n) is 3.32. The maximum atomic E-state index is 12.7. The number of carbonyl (C=O) groups excluding carboxylic acids is 1. The minimum Gasteiger partial charge on any atom is -0.326 e. The summed E-state index contributed by atoms with van der Waals surface area (Å²) in [4.78, 5) is 15.0. The van der Waals surface area contributed by atoms with Gasteiger partial charge in [0.25, 0.3) is 0 Å². The molecule has 1 amide bonds. The number of halogens is 3. The summed E-state index contributed by atoms with van der Waals surface area (Å²) in [5.41, 5.74) is 2.91. The van der Waals surface area contributed by atoms with Crippen LogP contribution in [0, 0.1) is 16.4 Å². The van der Waals surface area contributed by atoms with Crippen LogP contribution in [0.3, 0.4) is 0 Å². The normalized spacial score (nSPS) is 17.9. The smallest absolute Gasteiger partial charge is 0.228 e. The summed E-state index contributed by atoms with van der Waals surface area (Å²) >= 11 is 14.9. The molecule has 3 rings (SSSR count). The molecule has 1 unspecified atom stereocenters. The van der Waals surface area contributed by atoms with E-state index in [0.717, 1.165) is 42.7 Å². The van der Waals surface area contributed by atoms with E-state index in [0.29, 0.717) is 16.6 Å². The number of amides is 1. The van der Waals surface area contributed by atoms with Gasteiger partial charge in [-0.1, -0.05) is 29.3 Å². The molecule has 26 heavy (non-hydrogen) atoms. The Labute approximate surface area is 178 Å². The zero-order valence-electron chi connectivity index (χ0n) is 14.6. The van der Waals surface area contributed by atoms with Gasteiger partial charge in [-0.3, -0.25) is 9.69 Å². The maximum Gasteiger partial charge on any atom is 0.228 e. The van der Waals surface area contributed by atoms with Gasteiger partial charge in [-0.15, -0.1) is 0 Å². The lowest BCUT2D eigenvalue weighted by Gasteiger charge is -2.32. The topological polar surface area (TPSA) is 32.3 Å². The van der Waals surface area contributed by atoms with E-state index in [1.165, 1.54) is 3.57 Å². The predicted octanol–water partition coefficient (Wildman–Crippen LogP) is 5.76. The Morgan fingerprint density at radius 3 is 2.69 bits per heavy atom. The van der Waals surface area contributed by atoms with Crippen molar-refractivity contribution in [1.29, 1.82) is 0 Å². The predicted molar refractivity (Wildman–Crippen MR) is 117 cm³/mol. The average Bonchev–Trinajstić information content (AvgIpc) is 2.61. The molecule has 6 heteroatoms. The minimum absolute atomic E-state index is 0.0244. The van der Waals surface area contributed by atoms with E-state index in [2.05, 4.69) is 38.9 Å². The summed E-state index contributed by atoms with van der Waals surface area (Å²) in [5.74, 6) is 0.0629. The molecule has 1 heterocycles. The number of anilines is 1. The first-order valence-corrected chi connectivity index (χ1v) is 10.5. The van der Waals surface area contributed by atoms with Gasteiger partial charge in [-0.25, -0.2) is 0 Å².